The van der Waals surface area contributed by atoms with Gasteiger partial charge in [0.05, 0.1) is 12.2 Å². The molecule has 0 bridgehead atoms. The zero-order valence-electron chi connectivity index (χ0n) is 17.2. The molecule has 0 saturated carbocycles. The van der Waals surface area contributed by atoms with Gasteiger partial charge < -0.3 is 15.0 Å². The number of anilines is 2. The first-order chi connectivity index (χ1) is 13.3. The topological polar surface area (TPSA) is 58.6 Å². The first-order valence-electron chi connectivity index (χ1n) is 9.77. The standard InChI is InChI=1S/C23H28N2O3/c1-14(2)17-9-8-10-18(15(3)4)22(17)24-23(27)21-13-25(16(5)26)19-11-6-7-12-20(19)28-21/h6-12,14-15,21H,13H2,1-5H3,(H,24,27). The smallest absolute Gasteiger partial charge is 0.267 e. The minimum Gasteiger partial charge on any atom is -0.476 e. The summed E-state index contributed by atoms with van der Waals surface area (Å²) >= 11 is 0. The molecule has 0 saturated heterocycles. The van der Waals surface area contributed by atoms with Crippen LogP contribution in [-0.4, -0.2) is 24.5 Å². The van der Waals surface area contributed by atoms with E-state index < -0.39 is 6.10 Å². The minimum atomic E-state index is -0.765. The van der Waals surface area contributed by atoms with Crippen LogP contribution in [0.25, 0.3) is 0 Å². The van der Waals surface area contributed by atoms with Crippen LogP contribution in [0.15, 0.2) is 42.5 Å². The van der Waals surface area contributed by atoms with Crippen molar-refractivity contribution in [2.45, 2.75) is 52.6 Å². The number of ether oxygens (including phenoxy) is 1. The molecule has 28 heavy (non-hydrogen) atoms. The SMILES string of the molecule is CC(=O)N1CC(C(=O)Nc2c(C(C)C)cccc2C(C)C)Oc2ccccc21. The number of carbonyl (C=O) groups is 2. The molecule has 1 aliphatic heterocycles. The number of amides is 2. The lowest BCUT2D eigenvalue weighted by Gasteiger charge is -2.34. The Balaban J connectivity index is 1.91. The Morgan fingerprint density at radius 1 is 1.00 bits per heavy atom. The Hall–Kier alpha value is -2.82. The molecule has 1 atom stereocenters. The van der Waals surface area contributed by atoms with E-state index in [2.05, 4.69) is 33.0 Å². The van der Waals surface area contributed by atoms with E-state index >= 15 is 0 Å². The van der Waals surface area contributed by atoms with Gasteiger partial charge in [0.15, 0.2) is 6.10 Å². The molecule has 1 unspecified atom stereocenters. The third-order valence-electron chi connectivity index (χ3n) is 5.07. The van der Waals surface area contributed by atoms with Crippen LogP contribution in [0.1, 0.15) is 57.6 Å². The Kier molecular flexibility index (Phi) is 5.73. The van der Waals surface area contributed by atoms with Gasteiger partial charge in [0, 0.05) is 12.6 Å². The van der Waals surface area contributed by atoms with Crippen LogP contribution >= 0.6 is 0 Å². The molecule has 2 aromatic rings. The highest BCUT2D eigenvalue weighted by Crippen LogP contribution is 2.35. The summed E-state index contributed by atoms with van der Waals surface area (Å²) in [6.07, 6.45) is -0.765. The van der Waals surface area contributed by atoms with E-state index in [1.165, 1.54) is 6.92 Å². The molecule has 0 spiro atoms. The predicted molar refractivity (Wildman–Crippen MR) is 112 cm³/mol. The summed E-state index contributed by atoms with van der Waals surface area (Å²) in [5.74, 6) is 0.742. The summed E-state index contributed by atoms with van der Waals surface area (Å²) in [6, 6.07) is 13.4. The molecular weight excluding hydrogens is 352 g/mol. The average Bonchev–Trinajstić information content (AvgIpc) is 2.66. The number of nitrogens with one attached hydrogen (secondary N) is 1. The van der Waals surface area contributed by atoms with E-state index in [0.717, 1.165) is 16.8 Å². The Morgan fingerprint density at radius 2 is 1.61 bits per heavy atom. The van der Waals surface area contributed by atoms with Crippen molar-refractivity contribution in [1.82, 2.24) is 0 Å². The van der Waals surface area contributed by atoms with E-state index in [4.69, 9.17) is 4.74 Å². The number of para-hydroxylation sites is 3. The molecule has 0 fully saturated rings. The predicted octanol–water partition coefficient (Wildman–Crippen LogP) is 4.69. The number of hydrogen-bond acceptors (Lipinski definition) is 3. The maximum Gasteiger partial charge on any atom is 0.267 e. The van der Waals surface area contributed by atoms with Crippen molar-refractivity contribution in [2.24, 2.45) is 0 Å². The molecule has 2 aromatic carbocycles. The molecule has 2 amide bonds. The zero-order chi connectivity index (χ0) is 20.4. The molecular formula is C23H28N2O3. The fourth-order valence-electron chi connectivity index (χ4n) is 3.57. The maximum absolute atomic E-state index is 13.1. The normalized spacial score (nSPS) is 16.0. The quantitative estimate of drug-likeness (QED) is 0.837. The second kappa shape index (κ2) is 8.05. The van der Waals surface area contributed by atoms with Gasteiger partial charge in [-0.3, -0.25) is 9.59 Å². The lowest BCUT2D eigenvalue weighted by atomic mass is 9.92. The largest absolute Gasteiger partial charge is 0.476 e. The van der Waals surface area contributed by atoms with Gasteiger partial charge in [-0.05, 0) is 35.1 Å². The van der Waals surface area contributed by atoms with Gasteiger partial charge in [-0.2, -0.15) is 0 Å². The van der Waals surface area contributed by atoms with Crippen molar-refractivity contribution < 1.29 is 14.3 Å². The second-order valence-electron chi connectivity index (χ2n) is 7.81. The summed E-state index contributed by atoms with van der Waals surface area (Å²) in [7, 11) is 0. The van der Waals surface area contributed by atoms with E-state index in [-0.39, 0.29) is 30.2 Å². The van der Waals surface area contributed by atoms with Gasteiger partial charge in [-0.25, -0.2) is 0 Å². The molecule has 1 aliphatic rings. The second-order valence-corrected chi connectivity index (χ2v) is 7.81. The average molecular weight is 380 g/mol. The summed E-state index contributed by atoms with van der Waals surface area (Å²) in [6.45, 7) is 10.1. The molecule has 148 valence electrons. The van der Waals surface area contributed by atoms with E-state index in [9.17, 15) is 9.59 Å². The highest BCUT2D eigenvalue weighted by atomic mass is 16.5. The summed E-state index contributed by atoms with van der Waals surface area (Å²) in [4.78, 5) is 26.8. The van der Waals surface area contributed by atoms with Crippen molar-refractivity contribution in [2.75, 3.05) is 16.8 Å². The maximum atomic E-state index is 13.1. The Morgan fingerprint density at radius 3 is 2.18 bits per heavy atom. The van der Waals surface area contributed by atoms with Crippen molar-refractivity contribution in [1.29, 1.82) is 0 Å². The lowest BCUT2D eigenvalue weighted by Crippen LogP contribution is -2.48. The number of benzene rings is 2. The van der Waals surface area contributed by atoms with Gasteiger partial charge in [-0.1, -0.05) is 58.0 Å². The zero-order valence-corrected chi connectivity index (χ0v) is 17.2. The van der Waals surface area contributed by atoms with E-state index in [1.54, 1.807) is 11.0 Å². The van der Waals surface area contributed by atoms with Crippen LogP contribution in [0.4, 0.5) is 11.4 Å². The molecule has 0 radical (unpaired) electrons. The van der Waals surface area contributed by atoms with Crippen LogP contribution in [-0.2, 0) is 9.59 Å². The van der Waals surface area contributed by atoms with Gasteiger partial charge in [0.25, 0.3) is 5.91 Å². The molecule has 5 nitrogen and oxygen atoms in total. The summed E-state index contributed by atoms with van der Waals surface area (Å²) < 4.78 is 5.94. The van der Waals surface area contributed by atoms with E-state index in [0.29, 0.717) is 11.4 Å². The number of fused-ring (bicyclic) bond motifs is 1. The van der Waals surface area contributed by atoms with Crippen molar-refractivity contribution in [3.63, 3.8) is 0 Å². The van der Waals surface area contributed by atoms with Gasteiger partial charge in [-0.15, -0.1) is 0 Å². The fourth-order valence-corrected chi connectivity index (χ4v) is 3.57. The molecule has 0 aliphatic carbocycles. The summed E-state index contributed by atoms with van der Waals surface area (Å²) in [5, 5.41) is 3.10. The highest BCUT2D eigenvalue weighted by molar-refractivity contribution is 6.00. The molecule has 0 aromatic heterocycles. The number of rotatable bonds is 4. The minimum absolute atomic E-state index is 0.112. The van der Waals surface area contributed by atoms with Crippen LogP contribution in [0.5, 0.6) is 5.75 Å². The van der Waals surface area contributed by atoms with Gasteiger partial charge in [0.2, 0.25) is 5.91 Å². The molecule has 1 heterocycles. The number of carbonyl (C=O) groups excluding carboxylic acids is 2. The lowest BCUT2D eigenvalue weighted by molar-refractivity contribution is -0.123. The van der Waals surface area contributed by atoms with Crippen LogP contribution in [0.2, 0.25) is 0 Å². The monoisotopic (exact) mass is 380 g/mol. The van der Waals surface area contributed by atoms with Crippen molar-refractivity contribution >= 4 is 23.2 Å². The summed E-state index contributed by atoms with van der Waals surface area (Å²) in [5.41, 5.74) is 3.75. The first-order valence-corrected chi connectivity index (χ1v) is 9.77. The van der Waals surface area contributed by atoms with Crippen LogP contribution in [0.3, 0.4) is 0 Å². The highest BCUT2D eigenvalue weighted by Gasteiger charge is 2.33. The van der Waals surface area contributed by atoms with Crippen molar-refractivity contribution in [3.05, 3.63) is 53.6 Å². The Bertz CT molecular complexity index is 863. The first kappa shape index (κ1) is 19.9. The molecule has 5 heteroatoms. The van der Waals surface area contributed by atoms with Crippen molar-refractivity contribution in [3.8, 4) is 5.75 Å². The van der Waals surface area contributed by atoms with Crippen LogP contribution in [0, 0.1) is 0 Å². The third kappa shape index (κ3) is 3.88. The van der Waals surface area contributed by atoms with Gasteiger partial charge in [0.1, 0.15) is 5.75 Å². The molecule has 1 N–H and O–H groups in total. The molecule has 3 rings (SSSR count). The third-order valence-corrected chi connectivity index (χ3v) is 5.07. The fraction of sp³-hybridized carbons (Fsp3) is 0.391. The Labute approximate surface area is 166 Å². The van der Waals surface area contributed by atoms with Gasteiger partial charge >= 0.3 is 0 Å². The van der Waals surface area contributed by atoms with E-state index in [1.807, 2.05) is 36.4 Å². The number of hydrogen-bond donors (Lipinski definition) is 1. The number of nitrogens with zero attached hydrogens (tertiary/aromatic N) is 1. The van der Waals surface area contributed by atoms with Crippen LogP contribution < -0.4 is 15.0 Å².